The highest BCUT2D eigenvalue weighted by atomic mass is 16.5. The molecule has 0 aromatic carbocycles. The van der Waals surface area contributed by atoms with Crippen LogP contribution in [0.2, 0.25) is 0 Å². The van der Waals surface area contributed by atoms with Crippen molar-refractivity contribution < 1.29 is 9.53 Å². The Morgan fingerprint density at radius 1 is 1.29 bits per heavy atom. The smallest absolute Gasteiger partial charge is 0.253 e. The van der Waals surface area contributed by atoms with Gasteiger partial charge in [-0.05, 0) is 31.5 Å². The first-order valence-corrected chi connectivity index (χ1v) is 6.98. The molecule has 0 saturated heterocycles. The standard InChI is InChI=1S/C16H19N3O2/c1-3-9-21-16-14(5-4-8-17-16)11-19-15(20)13-7-6-12(2)18-10-13/h4-8,10H,3,9,11H2,1-2H3,(H,19,20). The normalized spacial score (nSPS) is 10.2. The molecule has 0 atom stereocenters. The Labute approximate surface area is 124 Å². The van der Waals surface area contributed by atoms with Gasteiger partial charge in [0.15, 0.2) is 0 Å². The fourth-order valence-electron chi connectivity index (χ4n) is 1.77. The van der Waals surface area contributed by atoms with Crippen molar-refractivity contribution in [2.24, 2.45) is 0 Å². The Balaban J connectivity index is 1.99. The molecule has 0 unspecified atom stereocenters. The number of nitrogens with zero attached hydrogens (tertiary/aromatic N) is 2. The summed E-state index contributed by atoms with van der Waals surface area (Å²) in [5.74, 6) is 0.412. The van der Waals surface area contributed by atoms with Crippen molar-refractivity contribution in [2.75, 3.05) is 6.61 Å². The van der Waals surface area contributed by atoms with Crippen LogP contribution in [0.4, 0.5) is 0 Å². The second kappa shape index (κ2) is 7.38. The van der Waals surface area contributed by atoms with Crippen LogP contribution >= 0.6 is 0 Å². The van der Waals surface area contributed by atoms with Crippen LogP contribution in [-0.2, 0) is 6.54 Å². The van der Waals surface area contributed by atoms with E-state index in [0.717, 1.165) is 17.7 Å². The zero-order chi connectivity index (χ0) is 15.1. The van der Waals surface area contributed by atoms with Crippen LogP contribution in [0.5, 0.6) is 5.88 Å². The number of carbonyl (C=O) groups excluding carboxylic acids is 1. The van der Waals surface area contributed by atoms with Gasteiger partial charge in [-0.15, -0.1) is 0 Å². The van der Waals surface area contributed by atoms with E-state index in [2.05, 4.69) is 15.3 Å². The van der Waals surface area contributed by atoms with E-state index in [4.69, 9.17) is 4.74 Å². The Hall–Kier alpha value is -2.43. The summed E-state index contributed by atoms with van der Waals surface area (Å²) in [6, 6.07) is 7.30. The molecule has 0 spiro atoms. The van der Waals surface area contributed by atoms with Crippen molar-refractivity contribution in [2.45, 2.75) is 26.8 Å². The third-order valence-electron chi connectivity index (χ3n) is 2.91. The van der Waals surface area contributed by atoms with Gasteiger partial charge in [-0.25, -0.2) is 4.98 Å². The summed E-state index contributed by atoms with van der Waals surface area (Å²) in [7, 11) is 0. The van der Waals surface area contributed by atoms with E-state index in [-0.39, 0.29) is 5.91 Å². The average Bonchev–Trinajstić information content (AvgIpc) is 2.52. The molecule has 0 fully saturated rings. The van der Waals surface area contributed by atoms with Gasteiger partial charge < -0.3 is 10.1 Å². The molecule has 0 saturated carbocycles. The highest BCUT2D eigenvalue weighted by Gasteiger charge is 2.08. The highest BCUT2D eigenvalue weighted by Crippen LogP contribution is 2.14. The van der Waals surface area contributed by atoms with Crippen LogP contribution in [0.25, 0.3) is 0 Å². The molecule has 0 aliphatic rings. The second-order valence-corrected chi connectivity index (χ2v) is 4.69. The molecular formula is C16H19N3O2. The summed E-state index contributed by atoms with van der Waals surface area (Å²) in [5.41, 5.74) is 2.29. The Bertz CT molecular complexity index is 597. The molecule has 2 rings (SSSR count). The lowest BCUT2D eigenvalue weighted by Crippen LogP contribution is -2.23. The first-order valence-electron chi connectivity index (χ1n) is 6.98. The number of aryl methyl sites for hydroxylation is 1. The van der Waals surface area contributed by atoms with Gasteiger partial charge in [-0.2, -0.15) is 0 Å². The average molecular weight is 285 g/mol. The fourth-order valence-corrected chi connectivity index (χ4v) is 1.77. The lowest BCUT2D eigenvalue weighted by Gasteiger charge is -2.10. The molecule has 2 aromatic heterocycles. The van der Waals surface area contributed by atoms with Crippen molar-refractivity contribution in [1.82, 2.24) is 15.3 Å². The fraction of sp³-hybridized carbons (Fsp3) is 0.312. The first kappa shape index (κ1) is 15.0. The first-order chi connectivity index (χ1) is 10.2. The minimum Gasteiger partial charge on any atom is -0.477 e. The van der Waals surface area contributed by atoms with Gasteiger partial charge in [0.2, 0.25) is 5.88 Å². The molecule has 2 aromatic rings. The van der Waals surface area contributed by atoms with Crippen molar-refractivity contribution in [3.05, 3.63) is 53.5 Å². The van der Waals surface area contributed by atoms with Gasteiger partial charge in [0.1, 0.15) is 0 Å². The van der Waals surface area contributed by atoms with Crippen molar-refractivity contribution >= 4 is 5.91 Å². The van der Waals surface area contributed by atoms with Crippen molar-refractivity contribution in [3.63, 3.8) is 0 Å². The number of ether oxygens (including phenoxy) is 1. The van der Waals surface area contributed by atoms with E-state index in [9.17, 15) is 4.79 Å². The molecule has 5 heteroatoms. The largest absolute Gasteiger partial charge is 0.477 e. The topological polar surface area (TPSA) is 64.1 Å². The summed E-state index contributed by atoms with van der Waals surface area (Å²) in [6.45, 7) is 4.91. The number of rotatable bonds is 6. The third kappa shape index (κ3) is 4.27. The van der Waals surface area contributed by atoms with Crippen molar-refractivity contribution in [1.29, 1.82) is 0 Å². The monoisotopic (exact) mass is 285 g/mol. The number of carbonyl (C=O) groups is 1. The zero-order valence-electron chi connectivity index (χ0n) is 12.3. The molecule has 0 aliphatic heterocycles. The van der Waals surface area contributed by atoms with Crippen LogP contribution in [-0.4, -0.2) is 22.5 Å². The van der Waals surface area contributed by atoms with Gasteiger partial charge in [0.05, 0.1) is 12.2 Å². The SMILES string of the molecule is CCCOc1ncccc1CNC(=O)c1ccc(C)nc1. The predicted octanol–water partition coefficient (Wildman–Crippen LogP) is 2.50. The maximum atomic E-state index is 12.0. The van der Waals surface area contributed by atoms with E-state index >= 15 is 0 Å². The van der Waals surface area contributed by atoms with Crippen LogP contribution in [0.3, 0.4) is 0 Å². The summed E-state index contributed by atoms with van der Waals surface area (Å²) < 4.78 is 5.57. The highest BCUT2D eigenvalue weighted by molar-refractivity contribution is 5.93. The van der Waals surface area contributed by atoms with E-state index in [0.29, 0.717) is 24.6 Å². The molecule has 0 radical (unpaired) electrons. The molecule has 1 amide bonds. The van der Waals surface area contributed by atoms with E-state index in [1.165, 1.54) is 0 Å². The minimum atomic E-state index is -0.159. The van der Waals surface area contributed by atoms with Gasteiger partial charge >= 0.3 is 0 Å². The van der Waals surface area contributed by atoms with Crippen LogP contribution < -0.4 is 10.1 Å². The number of aromatic nitrogens is 2. The van der Waals surface area contributed by atoms with Crippen LogP contribution in [0.1, 0.15) is 35.0 Å². The van der Waals surface area contributed by atoms with Crippen LogP contribution in [0, 0.1) is 6.92 Å². The molecule has 5 nitrogen and oxygen atoms in total. The van der Waals surface area contributed by atoms with Gasteiger partial charge in [-0.1, -0.05) is 13.0 Å². The second-order valence-electron chi connectivity index (χ2n) is 4.69. The predicted molar refractivity (Wildman–Crippen MR) is 80.2 cm³/mol. The quantitative estimate of drug-likeness (QED) is 0.885. The molecule has 21 heavy (non-hydrogen) atoms. The Morgan fingerprint density at radius 3 is 2.86 bits per heavy atom. The van der Waals surface area contributed by atoms with E-state index in [1.807, 2.05) is 32.0 Å². The van der Waals surface area contributed by atoms with Gasteiger partial charge in [-0.3, -0.25) is 9.78 Å². The molecule has 0 aliphatic carbocycles. The number of hydrogen-bond donors (Lipinski definition) is 1. The van der Waals surface area contributed by atoms with E-state index < -0.39 is 0 Å². The number of hydrogen-bond acceptors (Lipinski definition) is 4. The lowest BCUT2D eigenvalue weighted by atomic mass is 10.2. The molecule has 1 N–H and O–H groups in total. The van der Waals surface area contributed by atoms with Crippen molar-refractivity contribution in [3.8, 4) is 5.88 Å². The zero-order valence-corrected chi connectivity index (χ0v) is 12.3. The van der Waals surface area contributed by atoms with E-state index in [1.54, 1.807) is 18.5 Å². The summed E-state index contributed by atoms with van der Waals surface area (Å²) in [6.07, 6.45) is 4.17. The number of amides is 1. The minimum absolute atomic E-state index is 0.159. The molecular weight excluding hydrogens is 266 g/mol. The maximum absolute atomic E-state index is 12.0. The van der Waals surface area contributed by atoms with Crippen LogP contribution in [0.15, 0.2) is 36.7 Å². The summed E-state index contributed by atoms with van der Waals surface area (Å²) in [4.78, 5) is 20.4. The third-order valence-corrected chi connectivity index (χ3v) is 2.91. The summed E-state index contributed by atoms with van der Waals surface area (Å²) in [5, 5.41) is 2.85. The molecule has 0 bridgehead atoms. The maximum Gasteiger partial charge on any atom is 0.253 e. The lowest BCUT2D eigenvalue weighted by molar-refractivity contribution is 0.0950. The van der Waals surface area contributed by atoms with Gasteiger partial charge in [0, 0.05) is 30.2 Å². The van der Waals surface area contributed by atoms with Gasteiger partial charge in [0.25, 0.3) is 5.91 Å². The summed E-state index contributed by atoms with van der Waals surface area (Å²) >= 11 is 0. The number of nitrogens with one attached hydrogen (secondary N) is 1. The Kier molecular flexibility index (Phi) is 5.26. The molecule has 2 heterocycles. The molecule has 110 valence electrons. The Morgan fingerprint density at radius 2 is 2.14 bits per heavy atom. The number of pyridine rings is 2.